The zero-order valence-corrected chi connectivity index (χ0v) is 24.5. The summed E-state index contributed by atoms with van der Waals surface area (Å²) in [6.45, 7) is 4.25. The van der Waals surface area contributed by atoms with Gasteiger partial charge in [0.2, 0.25) is 0 Å². The third-order valence-corrected chi connectivity index (χ3v) is 9.10. The maximum Gasteiger partial charge on any atom is 0.253 e. The second-order valence-electron chi connectivity index (χ2n) is 11.1. The first kappa shape index (κ1) is 28.0. The molecule has 5 nitrogen and oxygen atoms in total. The predicted molar refractivity (Wildman–Crippen MR) is 160 cm³/mol. The molecule has 3 aromatic rings. The average Bonchev–Trinajstić information content (AvgIpc) is 3.31. The average molecular weight is 567 g/mol. The lowest BCUT2D eigenvalue weighted by Gasteiger charge is -2.40. The van der Waals surface area contributed by atoms with Gasteiger partial charge in [-0.2, -0.15) is 0 Å². The molecule has 0 unspecified atom stereocenters. The molecule has 2 heterocycles. The minimum Gasteiger partial charge on any atom is -0.378 e. The van der Waals surface area contributed by atoms with Crippen molar-refractivity contribution in [1.29, 1.82) is 0 Å². The first-order valence-corrected chi connectivity index (χ1v) is 14.4. The molecule has 39 heavy (non-hydrogen) atoms. The number of carbonyl (C=O) groups is 1. The normalized spacial score (nSPS) is 17.2. The molecule has 5 rings (SSSR count). The van der Waals surface area contributed by atoms with Gasteiger partial charge in [-0.05, 0) is 78.9 Å². The molecule has 0 aliphatic carbocycles. The zero-order chi connectivity index (χ0) is 27.6. The molecule has 0 aromatic heterocycles. The van der Waals surface area contributed by atoms with Crippen LogP contribution in [0.2, 0.25) is 10.0 Å². The fourth-order valence-electron chi connectivity index (χ4n) is 5.94. The summed E-state index contributed by atoms with van der Waals surface area (Å²) in [5.41, 5.74) is 5.43. The molecule has 2 aliphatic rings. The van der Waals surface area contributed by atoms with Crippen LogP contribution >= 0.6 is 23.2 Å². The maximum atomic E-state index is 13.3. The van der Waals surface area contributed by atoms with Crippen LogP contribution in [0.3, 0.4) is 0 Å². The first-order chi connectivity index (χ1) is 18.8. The number of rotatable bonds is 8. The third kappa shape index (κ3) is 6.12. The van der Waals surface area contributed by atoms with E-state index in [9.17, 15) is 4.79 Å². The summed E-state index contributed by atoms with van der Waals surface area (Å²) in [5, 5.41) is 1.09. The molecule has 0 N–H and O–H groups in total. The van der Waals surface area contributed by atoms with E-state index in [-0.39, 0.29) is 17.4 Å². The van der Waals surface area contributed by atoms with Crippen molar-refractivity contribution >= 4 is 34.8 Å². The van der Waals surface area contributed by atoms with Crippen molar-refractivity contribution in [3.8, 4) is 0 Å². The van der Waals surface area contributed by atoms with Gasteiger partial charge in [-0.15, -0.1) is 0 Å². The van der Waals surface area contributed by atoms with Gasteiger partial charge in [-0.1, -0.05) is 53.5 Å². The molecule has 1 amide bonds. The van der Waals surface area contributed by atoms with Gasteiger partial charge in [0, 0.05) is 57.9 Å². The first-order valence-electron chi connectivity index (χ1n) is 13.7. The summed E-state index contributed by atoms with van der Waals surface area (Å²) in [7, 11) is 5.87. The van der Waals surface area contributed by atoms with Crippen LogP contribution in [0.15, 0.2) is 66.7 Å². The van der Waals surface area contributed by atoms with E-state index < -0.39 is 0 Å². The summed E-state index contributed by atoms with van der Waals surface area (Å²) in [6.07, 6.45) is 2.92. The summed E-state index contributed by atoms with van der Waals surface area (Å²) in [5.74, 6) is 0.149. The second-order valence-corrected chi connectivity index (χ2v) is 11.9. The number of likely N-dealkylation sites (tertiary alicyclic amines) is 1. The van der Waals surface area contributed by atoms with Crippen LogP contribution in [0.1, 0.15) is 52.2 Å². The number of benzene rings is 3. The van der Waals surface area contributed by atoms with Gasteiger partial charge in [0.25, 0.3) is 5.91 Å². The number of nitrogens with zero attached hydrogens (tertiary/aromatic N) is 3. The van der Waals surface area contributed by atoms with Crippen LogP contribution in [0, 0.1) is 0 Å². The zero-order valence-electron chi connectivity index (χ0n) is 23.0. The highest BCUT2D eigenvalue weighted by molar-refractivity contribution is 6.42. The van der Waals surface area contributed by atoms with Gasteiger partial charge in [0.1, 0.15) is 0 Å². The standard InChI is InChI=1S/C32H37Cl2N3O2/c1-35(2)27-11-8-23(9-12-27)31(38)36(3)21-25(24-10-13-29(33)30(34)20-24)14-17-37-18-15-32(16-19-37)28-7-5-4-6-26(28)22-39-32/h4-13,20,25H,14-19,21-22H2,1-3H3/t25-/m0/s1. The molecular weight excluding hydrogens is 529 g/mol. The van der Waals surface area contributed by atoms with Crippen LogP contribution in [0.4, 0.5) is 5.69 Å². The van der Waals surface area contributed by atoms with Crippen LogP contribution in [-0.2, 0) is 16.9 Å². The number of halogens is 2. The maximum absolute atomic E-state index is 13.3. The Labute approximate surface area is 242 Å². The van der Waals surface area contributed by atoms with Gasteiger partial charge < -0.3 is 19.4 Å². The second kappa shape index (κ2) is 11.9. The fraction of sp³-hybridized carbons (Fsp3) is 0.406. The Kier molecular flexibility index (Phi) is 8.53. The number of hydrogen-bond acceptors (Lipinski definition) is 4. The number of fused-ring (bicyclic) bond motifs is 2. The molecule has 1 saturated heterocycles. The van der Waals surface area contributed by atoms with Gasteiger partial charge in [0.15, 0.2) is 0 Å². The van der Waals surface area contributed by atoms with Crippen LogP contribution in [0.25, 0.3) is 0 Å². The molecule has 0 saturated carbocycles. The van der Waals surface area contributed by atoms with E-state index in [1.807, 2.05) is 73.4 Å². The van der Waals surface area contributed by atoms with Crippen LogP contribution in [-0.4, -0.2) is 63.0 Å². The van der Waals surface area contributed by atoms with Gasteiger partial charge in [-0.3, -0.25) is 4.79 Å². The Balaban J connectivity index is 1.25. The van der Waals surface area contributed by atoms with E-state index in [4.69, 9.17) is 27.9 Å². The highest BCUT2D eigenvalue weighted by Crippen LogP contribution is 2.44. The minimum atomic E-state index is -0.134. The topological polar surface area (TPSA) is 36.0 Å². The van der Waals surface area contributed by atoms with E-state index >= 15 is 0 Å². The number of carbonyl (C=O) groups excluding carboxylic acids is 1. The molecule has 3 aromatic carbocycles. The SMILES string of the molecule is CN(C[C@H](CCN1CCC2(CC1)OCc1ccccc12)c1ccc(Cl)c(Cl)c1)C(=O)c1ccc(N(C)C)cc1. The summed E-state index contributed by atoms with van der Waals surface area (Å²) in [6, 6.07) is 22.2. The Hall–Kier alpha value is -2.57. The van der Waals surface area contributed by atoms with E-state index in [0.717, 1.165) is 50.1 Å². The van der Waals surface area contributed by atoms with E-state index in [2.05, 4.69) is 29.2 Å². The van der Waals surface area contributed by atoms with Crippen molar-refractivity contribution in [2.24, 2.45) is 0 Å². The van der Waals surface area contributed by atoms with Crippen molar-refractivity contribution in [1.82, 2.24) is 9.80 Å². The van der Waals surface area contributed by atoms with Crippen molar-refractivity contribution in [2.45, 2.75) is 37.4 Å². The number of hydrogen-bond donors (Lipinski definition) is 0. The quantitative estimate of drug-likeness (QED) is 0.300. The Bertz CT molecular complexity index is 1300. The van der Waals surface area contributed by atoms with E-state index in [1.54, 1.807) is 0 Å². The van der Waals surface area contributed by atoms with Crippen LogP contribution in [0.5, 0.6) is 0 Å². The summed E-state index contributed by atoms with van der Waals surface area (Å²) in [4.78, 5) is 19.7. The summed E-state index contributed by atoms with van der Waals surface area (Å²) < 4.78 is 6.36. The Morgan fingerprint density at radius 2 is 1.69 bits per heavy atom. The lowest BCUT2D eigenvalue weighted by Crippen LogP contribution is -2.43. The number of piperidine rings is 1. The monoisotopic (exact) mass is 565 g/mol. The molecule has 0 bridgehead atoms. The lowest BCUT2D eigenvalue weighted by molar-refractivity contribution is -0.0790. The molecule has 1 spiro atoms. The predicted octanol–water partition coefficient (Wildman–Crippen LogP) is 6.83. The highest BCUT2D eigenvalue weighted by Gasteiger charge is 2.42. The number of likely N-dealkylation sites (N-methyl/N-ethyl adjacent to an activating group) is 1. The van der Waals surface area contributed by atoms with Crippen molar-refractivity contribution < 1.29 is 9.53 Å². The molecule has 1 atom stereocenters. The lowest BCUT2D eigenvalue weighted by atomic mass is 9.83. The Morgan fingerprint density at radius 1 is 0.974 bits per heavy atom. The summed E-state index contributed by atoms with van der Waals surface area (Å²) >= 11 is 12.6. The largest absolute Gasteiger partial charge is 0.378 e. The molecule has 2 aliphatic heterocycles. The van der Waals surface area contributed by atoms with Gasteiger partial charge in [-0.25, -0.2) is 0 Å². The molecule has 0 radical (unpaired) electrons. The molecule has 1 fully saturated rings. The van der Waals surface area contributed by atoms with Crippen LogP contribution < -0.4 is 4.90 Å². The van der Waals surface area contributed by atoms with E-state index in [0.29, 0.717) is 28.8 Å². The van der Waals surface area contributed by atoms with E-state index in [1.165, 1.54) is 11.1 Å². The van der Waals surface area contributed by atoms with Crippen molar-refractivity contribution in [2.75, 3.05) is 52.2 Å². The minimum absolute atomic E-state index is 0.0160. The number of anilines is 1. The highest BCUT2D eigenvalue weighted by atomic mass is 35.5. The molecule has 7 heteroatoms. The van der Waals surface area contributed by atoms with Gasteiger partial charge in [0.05, 0.1) is 22.3 Å². The van der Waals surface area contributed by atoms with Crippen molar-refractivity contribution in [3.63, 3.8) is 0 Å². The number of ether oxygens (including phenoxy) is 1. The molecule has 206 valence electrons. The Morgan fingerprint density at radius 3 is 2.38 bits per heavy atom. The third-order valence-electron chi connectivity index (χ3n) is 8.36. The molecular formula is C32H37Cl2N3O2. The fourth-order valence-corrected chi connectivity index (χ4v) is 6.25. The van der Waals surface area contributed by atoms with Gasteiger partial charge >= 0.3 is 0 Å². The van der Waals surface area contributed by atoms with Crippen molar-refractivity contribution in [3.05, 3.63) is 99.0 Å². The number of amides is 1. The smallest absolute Gasteiger partial charge is 0.253 e.